The summed E-state index contributed by atoms with van der Waals surface area (Å²) in [4.78, 5) is 11.4. The zero-order valence-electron chi connectivity index (χ0n) is 8.76. The van der Waals surface area contributed by atoms with Crippen molar-refractivity contribution in [1.29, 1.82) is 5.41 Å². The summed E-state index contributed by atoms with van der Waals surface area (Å²) < 4.78 is 0. The van der Waals surface area contributed by atoms with Crippen molar-refractivity contribution in [2.75, 3.05) is 5.32 Å². The van der Waals surface area contributed by atoms with Gasteiger partial charge in [0, 0.05) is 11.4 Å². The summed E-state index contributed by atoms with van der Waals surface area (Å²) in [6, 6.07) is 6.01. The molecule has 1 amide bonds. The fourth-order valence-electron chi connectivity index (χ4n) is 1.72. The fraction of sp³-hybridized carbons (Fsp3) is 0.333. The number of benzene rings is 1. The molecule has 2 rings (SSSR count). The smallest absolute Gasteiger partial charge is 0.230 e. The number of anilines is 1. The molecular formula is C12H14N2O. The average Bonchev–Trinajstić information content (AvgIpc) is 2.08. The third-order valence-electron chi connectivity index (χ3n) is 2.58. The minimum absolute atomic E-state index is 0.109. The van der Waals surface area contributed by atoms with Gasteiger partial charge in [0.05, 0.1) is 6.42 Å². The summed E-state index contributed by atoms with van der Waals surface area (Å²) in [5.41, 5.74) is 3.95. The van der Waals surface area contributed by atoms with E-state index in [4.69, 9.17) is 5.41 Å². The van der Waals surface area contributed by atoms with Crippen molar-refractivity contribution >= 4 is 17.3 Å². The van der Waals surface area contributed by atoms with Gasteiger partial charge in [-0.3, -0.25) is 4.79 Å². The van der Waals surface area contributed by atoms with Crippen molar-refractivity contribution in [3.8, 4) is 0 Å². The number of nitrogens with one attached hydrogen (secondary N) is 2. The van der Waals surface area contributed by atoms with E-state index in [1.807, 2.05) is 12.1 Å². The van der Waals surface area contributed by atoms with E-state index >= 15 is 0 Å². The summed E-state index contributed by atoms with van der Waals surface area (Å²) in [5.74, 6) is -0.109. The molecule has 0 saturated carbocycles. The second-order valence-electron chi connectivity index (χ2n) is 3.99. The summed E-state index contributed by atoms with van der Waals surface area (Å²) in [7, 11) is 0. The minimum atomic E-state index is -0.109. The Morgan fingerprint density at radius 2 is 2.13 bits per heavy atom. The highest BCUT2D eigenvalue weighted by Crippen LogP contribution is 2.25. The Morgan fingerprint density at radius 3 is 2.67 bits per heavy atom. The highest BCUT2D eigenvalue weighted by molar-refractivity contribution is 6.04. The summed E-state index contributed by atoms with van der Waals surface area (Å²) in [6.45, 7) is 1.64. The van der Waals surface area contributed by atoms with Gasteiger partial charge in [0.25, 0.3) is 0 Å². The monoisotopic (exact) mass is 202 g/mol. The van der Waals surface area contributed by atoms with Crippen LogP contribution in [0.15, 0.2) is 18.2 Å². The first-order valence-corrected chi connectivity index (χ1v) is 5.11. The van der Waals surface area contributed by atoms with E-state index in [-0.39, 0.29) is 12.3 Å². The largest absolute Gasteiger partial charge is 0.326 e. The Kier molecular flexibility index (Phi) is 2.54. The minimum Gasteiger partial charge on any atom is -0.326 e. The normalized spacial score (nSPS) is 12.6. The Bertz CT molecular complexity index is 424. The first kappa shape index (κ1) is 9.90. The van der Waals surface area contributed by atoms with Crippen LogP contribution in [0, 0.1) is 5.41 Å². The van der Waals surface area contributed by atoms with E-state index in [0.29, 0.717) is 5.71 Å². The van der Waals surface area contributed by atoms with Crippen LogP contribution in [-0.2, 0) is 17.6 Å². The van der Waals surface area contributed by atoms with Crippen LogP contribution < -0.4 is 5.32 Å². The van der Waals surface area contributed by atoms with E-state index in [9.17, 15) is 4.79 Å². The van der Waals surface area contributed by atoms with Crippen LogP contribution in [0.2, 0.25) is 0 Å². The molecule has 1 aliphatic rings. The van der Waals surface area contributed by atoms with Gasteiger partial charge >= 0.3 is 0 Å². The highest BCUT2D eigenvalue weighted by atomic mass is 16.1. The molecular weight excluding hydrogens is 188 g/mol. The van der Waals surface area contributed by atoms with Gasteiger partial charge in [0.15, 0.2) is 0 Å². The molecule has 1 aliphatic carbocycles. The molecule has 15 heavy (non-hydrogen) atoms. The number of hydrogen-bond donors (Lipinski definition) is 2. The van der Waals surface area contributed by atoms with Crippen LogP contribution in [0.1, 0.15) is 24.5 Å². The summed E-state index contributed by atoms with van der Waals surface area (Å²) in [6.07, 6.45) is 2.45. The molecule has 0 radical (unpaired) electrons. The molecule has 0 aromatic heterocycles. The predicted octanol–water partition coefficient (Wildman–Crippen LogP) is 2.15. The van der Waals surface area contributed by atoms with Crippen LogP contribution in [0.25, 0.3) is 0 Å². The van der Waals surface area contributed by atoms with Gasteiger partial charge in [-0.1, -0.05) is 6.07 Å². The van der Waals surface area contributed by atoms with Crippen molar-refractivity contribution in [1.82, 2.24) is 0 Å². The Hall–Kier alpha value is -1.64. The molecule has 1 aromatic carbocycles. The molecule has 0 unspecified atom stereocenters. The molecule has 2 N–H and O–H groups in total. The van der Waals surface area contributed by atoms with Crippen molar-refractivity contribution < 1.29 is 4.79 Å². The lowest BCUT2D eigenvalue weighted by atomic mass is 9.88. The number of fused-ring (bicyclic) bond motifs is 1. The first-order valence-electron chi connectivity index (χ1n) is 5.11. The zero-order valence-corrected chi connectivity index (χ0v) is 8.76. The van der Waals surface area contributed by atoms with E-state index in [1.54, 1.807) is 6.92 Å². The topological polar surface area (TPSA) is 53.0 Å². The highest BCUT2D eigenvalue weighted by Gasteiger charge is 2.13. The van der Waals surface area contributed by atoms with E-state index in [1.165, 1.54) is 11.1 Å². The molecule has 78 valence electrons. The quantitative estimate of drug-likeness (QED) is 0.725. The van der Waals surface area contributed by atoms with E-state index in [2.05, 4.69) is 11.4 Å². The zero-order chi connectivity index (χ0) is 10.8. The maximum Gasteiger partial charge on any atom is 0.230 e. The van der Waals surface area contributed by atoms with Gasteiger partial charge in [0.1, 0.15) is 0 Å². The SMILES string of the molecule is CC(=N)CC(=O)Nc1ccc2c(c1)CC2. The van der Waals surface area contributed by atoms with Crippen molar-refractivity contribution in [3.63, 3.8) is 0 Å². The third kappa shape index (κ3) is 2.24. The third-order valence-corrected chi connectivity index (χ3v) is 2.58. The van der Waals surface area contributed by atoms with Gasteiger partial charge in [-0.15, -0.1) is 0 Å². The maximum absolute atomic E-state index is 11.4. The molecule has 0 atom stereocenters. The molecule has 0 aliphatic heterocycles. The second-order valence-corrected chi connectivity index (χ2v) is 3.99. The second kappa shape index (κ2) is 3.85. The van der Waals surface area contributed by atoms with Crippen LogP contribution in [-0.4, -0.2) is 11.6 Å². The van der Waals surface area contributed by atoms with Crippen LogP contribution in [0.3, 0.4) is 0 Å². The van der Waals surface area contributed by atoms with Gasteiger partial charge < -0.3 is 10.7 Å². The Labute approximate surface area is 89.0 Å². The molecule has 0 heterocycles. The van der Waals surface area contributed by atoms with Gasteiger partial charge in [-0.25, -0.2) is 0 Å². The van der Waals surface area contributed by atoms with E-state index < -0.39 is 0 Å². The molecule has 0 spiro atoms. The summed E-state index contributed by atoms with van der Waals surface area (Å²) >= 11 is 0. The summed E-state index contributed by atoms with van der Waals surface area (Å²) in [5, 5.41) is 10.0. The Morgan fingerprint density at radius 1 is 1.40 bits per heavy atom. The standard InChI is InChI=1S/C12H14N2O/c1-8(13)6-12(15)14-11-5-4-9-2-3-10(9)7-11/h4-5,7,13H,2-3,6H2,1H3,(H,14,15). The number of carbonyl (C=O) groups excluding carboxylic acids is 1. The number of hydrogen-bond acceptors (Lipinski definition) is 2. The van der Waals surface area contributed by atoms with Gasteiger partial charge in [-0.2, -0.15) is 0 Å². The number of amides is 1. The van der Waals surface area contributed by atoms with Crippen LogP contribution >= 0.6 is 0 Å². The molecule has 3 nitrogen and oxygen atoms in total. The Balaban J connectivity index is 2.01. The molecule has 0 saturated heterocycles. The number of aryl methyl sites for hydroxylation is 2. The molecule has 0 bridgehead atoms. The van der Waals surface area contributed by atoms with Crippen LogP contribution in [0.5, 0.6) is 0 Å². The maximum atomic E-state index is 11.4. The first-order chi connectivity index (χ1) is 7.15. The van der Waals surface area contributed by atoms with E-state index in [0.717, 1.165) is 18.5 Å². The van der Waals surface area contributed by atoms with Gasteiger partial charge in [0.2, 0.25) is 5.91 Å². The lowest BCUT2D eigenvalue weighted by Gasteiger charge is -2.19. The predicted molar refractivity (Wildman–Crippen MR) is 60.5 cm³/mol. The average molecular weight is 202 g/mol. The van der Waals surface area contributed by atoms with Crippen molar-refractivity contribution in [2.45, 2.75) is 26.2 Å². The van der Waals surface area contributed by atoms with Gasteiger partial charge in [-0.05, 0) is 43.0 Å². The number of carbonyl (C=O) groups is 1. The van der Waals surface area contributed by atoms with Crippen molar-refractivity contribution in [2.24, 2.45) is 0 Å². The lowest BCUT2D eigenvalue weighted by Crippen LogP contribution is -2.16. The molecule has 3 heteroatoms. The number of rotatable bonds is 3. The fourth-order valence-corrected chi connectivity index (χ4v) is 1.72. The lowest BCUT2D eigenvalue weighted by molar-refractivity contribution is -0.115. The molecule has 1 aromatic rings. The molecule has 0 fully saturated rings. The van der Waals surface area contributed by atoms with Crippen molar-refractivity contribution in [3.05, 3.63) is 29.3 Å². The van der Waals surface area contributed by atoms with Crippen LogP contribution in [0.4, 0.5) is 5.69 Å².